The van der Waals surface area contributed by atoms with E-state index in [-0.39, 0.29) is 27.7 Å². The minimum absolute atomic E-state index is 0.168. The Labute approximate surface area is 200 Å². The van der Waals surface area contributed by atoms with E-state index in [0.29, 0.717) is 29.5 Å². The van der Waals surface area contributed by atoms with Crippen LogP contribution >= 0.6 is 22.9 Å². The van der Waals surface area contributed by atoms with E-state index in [1.54, 1.807) is 35.7 Å². The van der Waals surface area contributed by atoms with Crippen molar-refractivity contribution >= 4 is 44.3 Å². The van der Waals surface area contributed by atoms with Gasteiger partial charge in [-0.3, -0.25) is 5.43 Å². The lowest BCUT2D eigenvalue weighted by molar-refractivity contribution is -0.0440. The van der Waals surface area contributed by atoms with Gasteiger partial charge in [-0.2, -0.15) is 9.41 Å². The number of anilines is 1. The van der Waals surface area contributed by atoms with Crippen molar-refractivity contribution in [1.82, 2.24) is 9.29 Å². The fraction of sp³-hybridized carbons (Fsp3) is 0.273. The van der Waals surface area contributed by atoms with Gasteiger partial charge in [-0.1, -0.05) is 29.8 Å². The van der Waals surface area contributed by atoms with Gasteiger partial charge in [0.1, 0.15) is 5.82 Å². The molecule has 1 N–H and O–H groups in total. The number of nitrogens with zero attached hydrogens (tertiary/aromatic N) is 3. The van der Waals surface area contributed by atoms with Crippen molar-refractivity contribution < 1.29 is 17.5 Å². The van der Waals surface area contributed by atoms with Crippen molar-refractivity contribution in [2.75, 3.05) is 18.5 Å². The van der Waals surface area contributed by atoms with E-state index in [1.807, 2.05) is 13.8 Å². The van der Waals surface area contributed by atoms with Crippen molar-refractivity contribution in [3.05, 3.63) is 64.2 Å². The molecule has 2 unspecified atom stereocenters. The zero-order chi connectivity index (χ0) is 23.6. The van der Waals surface area contributed by atoms with Crippen LogP contribution in [0.15, 0.2) is 57.8 Å². The summed E-state index contributed by atoms with van der Waals surface area (Å²) in [6.45, 7) is 4.35. The maximum atomic E-state index is 13.8. The fourth-order valence-corrected chi connectivity index (χ4v) is 6.05. The number of nitrogens with one attached hydrogen (secondary N) is 1. The number of hydrazone groups is 1. The van der Waals surface area contributed by atoms with Gasteiger partial charge in [0.2, 0.25) is 15.2 Å². The molecule has 0 bridgehead atoms. The minimum atomic E-state index is -3.66. The summed E-state index contributed by atoms with van der Waals surface area (Å²) >= 11 is 7.28. The molecule has 2 atom stereocenters. The molecule has 7 nitrogen and oxygen atoms in total. The van der Waals surface area contributed by atoms with E-state index in [4.69, 9.17) is 16.3 Å². The smallest absolute Gasteiger partial charge is 0.243 e. The first-order valence-corrected chi connectivity index (χ1v) is 12.9. The van der Waals surface area contributed by atoms with Crippen LogP contribution in [-0.2, 0) is 14.8 Å². The maximum absolute atomic E-state index is 13.8. The topological polar surface area (TPSA) is 83.9 Å². The first-order valence-electron chi connectivity index (χ1n) is 10.2. The van der Waals surface area contributed by atoms with E-state index < -0.39 is 15.8 Å². The summed E-state index contributed by atoms with van der Waals surface area (Å²) in [6, 6.07) is 11.1. The van der Waals surface area contributed by atoms with Crippen molar-refractivity contribution in [3.63, 3.8) is 0 Å². The molecule has 33 heavy (non-hydrogen) atoms. The summed E-state index contributed by atoms with van der Waals surface area (Å²) in [5, 5.41) is 6.52. The first-order chi connectivity index (χ1) is 15.7. The lowest BCUT2D eigenvalue weighted by Gasteiger charge is -2.34. The van der Waals surface area contributed by atoms with Crippen LogP contribution in [0, 0.1) is 5.82 Å². The minimum Gasteiger partial charge on any atom is -0.373 e. The van der Waals surface area contributed by atoms with E-state index in [0.717, 1.165) is 0 Å². The molecule has 0 amide bonds. The molecule has 1 saturated heterocycles. The largest absolute Gasteiger partial charge is 0.373 e. The van der Waals surface area contributed by atoms with Crippen molar-refractivity contribution in [3.8, 4) is 11.3 Å². The predicted molar refractivity (Wildman–Crippen MR) is 129 cm³/mol. The summed E-state index contributed by atoms with van der Waals surface area (Å²) in [4.78, 5) is 4.66. The standard InChI is InChI=1S/C22H22ClFN4O3S2/c1-14-11-28(12-15(2)31-14)33(29,30)17-6-3-5-16(9-17)21-13-32-22(26-21)27-25-10-18-19(23)7-4-8-20(18)24/h3-10,13-15H,11-12H2,1-2H3,(H,26,27). The third kappa shape index (κ3) is 5.42. The Balaban J connectivity index is 1.51. The van der Waals surface area contributed by atoms with Crippen LogP contribution in [0.2, 0.25) is 5.02 Å². The summed E-state index contributed by atoms with van der Waals surface area (Å²) < 4.78 is 47.3. The summed E-state index contributed by atoms with van der Waals surface area (Å²) in [5.41, 5.74) is 4.19. The Morgan fingerprint density at radius 3 is 2.70 bits per heavy atom. The molecular formula is C22H22ClFN4O3S2. The molecule has 11 heteroatoms. The molecule has 0 spiro atoms. The van der Waals surface area contributed by atoms with Crippen LogP contribution in [0.25, 0.3) is 11.3 Å². The molecule has 3 aromatic rings. The van der Waals surface area contributed by atoms with Gasteiger partial charge in [0.05, 0.1) is 34.0 Å². The zero-order valence-electron chi connectivity index (χ0n) is 17.9. The van der Waals surface area contributed by atoms with E-state index >= 15 is 0 Å². The molecule has 4 rings (SSSR count). The fourth-order valence-electron chi connectivity index (χ4n) is 3.54. The molecule has 1 aliphatic rings. The molecule has 0 aliphatic carbocycles. The second-order valence-corrected chi connectivity index (χ2v) is 10.9. The van der Waals surface area contributed by atoms with Gasteiger partial charge in [-0.05, 0) is 38.1 Å². The molecule has 1 aromatic heterocycles. The monoisotopic (exact) mass is 508 g/mol. The number of sulfonamides is 1. The van der Waals surface area contributed by atoms with Gasteiger partial charge < -0.3 is 4.74 Å². The highest BCUT2D eigenvalue weighted by Gasteiger charge is 2.32. The van der Waals surface area contributed by atoms with Crippen LogP contribution in [-0.4, -0.2) is 49.2 Å². The van der Waals surface area contributed by atoms with E-state index in [9.17, 15) is 12.8 Å². The number of aromatic nitrogens is 1. The average molecular weight is 509 g/mol. The molecule has 1 aliphatic heterocycles. The molecule has 2 aromatic carbocycles. The lowest BCUT2D eigenvalue weighted by atomic mass is 10.2. The molecule has 2 heterocycles. The predicted octanol–water partition coefficient (Wildman–Crippen LogP) is 4.85. The normalized spacial score (nSPS) is 19.8. The van der Waals surface area contributed by atoms with Crippen LogP contribution in [0.3, 0.4) is 0 Å². The second-order valence-electron chi connectivity index (χ2n) is 7.65. The Bertz CT molecular complexity index is 1250. The van der Waals surface area contributed by atoms with Crippen LogP contribution in [0.4, 0.5) is 9.52 Å². The second kappa shape index (κ2) is 9.86. The molecule has 0 radical (unpaired) electrons. The van der Waals surface area contributed by atoms with Gasteiger partial charge in [-0.25, -0.2) is 17.8 Å². The maximum Gasteiger partial charge on any atom is 0.243 e. The number of benzene rings is 2. The van der Waals surface area contributed by atoms with Gasteiger partial charge in [0, 0.05) is 29.6 Å². The summed E-state index contributed by atoms with van der Waals surface area (Å²) in [6.07, 6.45) is 0.952. The number of thiazole rings is 1. The highest BCUT2D eigenvalue weighted by molar-refractivity contribution is 7.89. The highest BCUT2D eigenvalue weighted by Crippen LogP contribution is 2.29. The number of rotatable bonds is 6. The van der Waals surface area contributed by atoms with Crippen LogP contribution < -0.4 is 5.43 Å². The van der Waals surface area contributed by atoms with Crippen molar-refractivity contribution in [1.29, 1.82) is 0 Å². The van der Waals surface area contributed by atoms with Crippen molar-refractivity contribution in [2.45, 2.75) is 31.0 Å². The van der Waals surface area contributed by atoms with Gasteiger partial charge >= 0.3 is 0 Å². The number of morpholine rings is 1. The number of ether oxygens (including phenoxy) is 1. The SMILES string of the molecule is CC1CN(S(=O)(=O)c2cccc(-c3csc(NN=Cc4c(F)cccc4Cl)n3)c2)CC(C)O1. The van der Waals surface area contributed by atoms with Crippen LogP contribution in [0.1, 0.15) is 19.4 Å². The number of halogens is 2. The van der Waals surface area contributed by atoms with Gasteiger partial charge in [0.15, 0.2) is 0 Å². The number of hydrogen-bond acceptors (Lipinski definition) is 7. The van der Waals surface area contributed by atoms with Gasteiger partial charge in [-0.15, -0.1) is 11.3 Å². The summed E-state index contributed by atoms with van der Waals surface area (Å²) in [5.74, 6) is -0.477. The molecule has 0 saturated carbocycles. The molecule has 1 fully saturated rings. The Kier molecular flexibility index (Phi) is 7.10. The first kappa shape index (κ1) is 23.8. The third-order valence-electron chi connectivity index (χ3n) is 5.01. The Hall–Kier alpha value is -2.37. The molecular weight excluding hydrogens is 487 g/mol. The average Bonchev–Trinajstić information content (AvgIpc) is 3.24. The third-order valence-corrected chi connectivity index (χ3v) is 7.92. The van der Waals surface area contributed by atoms with E-state index in [1.165, 1.54) is 34.0 Å². The Morgan fingerprint density at radius 2 is 1.97 bits per heavy atom. The highest BCUT2D eigenvalue weighted by atomic mass is 35.5. The zero-order valence-corrected chi connectivity index (χ0v) is 20.3. The quantitative estimate of drug-likeness (QED) is 0.380. The Morgan fingerprint density at radius 1 is 1.24 bits per heavy atom. The van der Waals surface area contributed by atoms with E-state index in [2.05, 4.69) is 15.5 Å². The van der Waals surface area contributed by atoms with Gasteiger partial charge in [0.25, 0.3) is 0 Å². The molecule has 174 valence electrons. The lowest BCUT2D eigenvalue weighted by Crippen LogP contribution is -2.48. The van der Waals surface area contributed by atoms with Crippen LogP contribution in [0.5, 0.6) is 0 Å². The summed E-state index contributed by atoms with van der Waals surface area (Å²) in [7, 11) is -3.66. The van der Waals surface area contributed by atoms with Crippen molar-refractivity contribution in [2.24, 2.45) is 5.10 Å². The number of hydrogen-bond donors (Lipinski definition) is 1.